The van der Waals surface area contributed by atoms with Gasteiger partial charge in [-0.25, -0.2) is 4.79 Å². The van der Waals surface area contributed by atoms with E-state index in [0.717, 1.165) is 16.5 Å². The number of aromatic nitrogens is 1. The molecule has 0 fully saturated rings. The van der Waals surface area contributed by atoms with E-state index in [1.54, 1.807) is 18.3 Å². The molecular formula is C18H14Cl2N2O3. The van der Waals surface area contributed by atoms with Gasteiger partial charge in [-0.3, -0.25) is 4.79 Å². The average molecular weight is 377 g/mol. The summed E-state index contributed by atoms with van der Waals surface area (Å²) in [4.78, 5) is 27.1. The summed E-state index contributed by atoms with van der Waals surface area (Å²) in [5, 5.41) is 4.54. The molecule has 2 N–H and O–H groups in total. The highest BCUT2D eigenvalue weighted by molar-refractivity contribution is 6.34. The van der Waals surface area contributed by atoms with Crippen molar-refractivity contribution >= 4 is 51.7 Å². The number of fused-ring (bicyclic) bond motifs is 1. The van der Waals surface area contributed by atoms with E-state index in [4.69, 9.17) is 23.2 Å². The van der Waals surface area contributed by atoms with E-state index in [-0.39, 0.29) is 12.3 Å². The van der Waals surface area contributed by atoms with Crippen molar-refractivity contribution in [1.82, 2.24) is 4.98 Å². The van der Waals surface area contributed by atoms with Crippen molar-refractivity contribution in [3.8, 4) is 0 Å². The summed E-state index contributed by atoms with van der Waals surface area (Å²) < 4.78 is 4.67. The highest BCUT2D eigenvalue weighted by Gasteiger charge is 2.13. The Morgan fingerprint density at radius 3 is 2.72 bits per heavy atom. The van der Waals surface area contributed by atoms with Gasteiger partial charge in [-0.15, -0.1) is 0 Å². The highest BCUT2D eigenvalue weighted by Crippen LogP contribution is 2.25. The topological polar surface area (TPSA) is 71.2 Å². The van der Waals surface area contributed by atoms with Gasteiger partial charge in [-0.05, 0) is 42.0 Å². The lowest BCUT2D eigenvalue weighted by Gasteiger charge is -2.09. The SMILES string of the molecule is COC(=O)c1ccc(Cl)c(NC(=O)Cc2c[nH]c3ccc(Cl)cc23)c1. The fourth-order valence-electron chi connectivity index (χ4n) is 2.53. The Bertz CT molecular complexity index is 966. The molecule has 0 aliphatic rings. The summed E-state index contributed by atoms with van der Waals surface area (Å²) in [6, 6.07) is 10.00. The van der Waals surface area contributed by atoms with Crippen LogP contribution in [0.3, 0.4) is 0 Å². The van der Waals surface area contributed by atoms with Gasteiger partial charge >= 0.3 is 5.97 Å². The van der Waals surface area contributed by atoms with E-state index in [2.05, 4.69) is 15.0 Å². The molecule has 0 bridgehead atoms. The van der Waals surface area contributed by atoms with Crippen LogP contribution in [0.5, 0.6) is 0 Å². The minimum absolute atomic E-state index is 0.138. The number of hydrogen-bond donors (Lipinski definition) is 2. The second kappa shape index (κ2) is 7.17. The van der Waals surface area contributed by atoms with Crippen molar-refractivity contribution < 1.29 is 14.3 Å². The quantitative estimate of drug-likeness (QED) is 0.661. The van der Waals surface area contributed by atoms with Crippen LogP contribution in [0.1, 0.15) is 15.9 Å². The van der Waals surface area contributed by atoms with Crippen molar-refractivity contribution in [2.24, 2.45) is 0 Å². The second-order valence-electron chi connectivity index (χ2n) is 5.41. The second-order valence-corrected chi connectivity index (χ2v) is 6.26. The van der Waals surface area contributed by atoms with Gasteiger partial charge in [0.25, 0.3) is 0 Å². The lowest BCUT2D eigenvalue weighted by molar-refractivity contribution is -0.115. The third-order valence-corrected chi connectivity index (χ3v) is 4.31. The van der Waals surface area contributed by atoms with Crippen LogP contribution in [0, 0.1) is 0 Å². The molecule has 0 spiro atoms. The maximum Gasteiger partial charge on any atom is 0.337 e. The number of aromatic amines is 1. The number of anilines is 1. The number of amides is 1. The summed E-state index contributed by atoms with van der Waals surface area (Å²) >= 11 is 12.1. The number of methoxy groups -OCH3 is 1. The van der Waals surface area contributed by atoms with E-state index >= 15 is 0 Å². The molecule has 0 unspecified atom stereocenters. The standard InChI is InChI=1S/C18H14Cl2N2O3/c1-25-18(24)10-2-4-14(20)16(6-10)22-17(23)7-11-9-21-15-5-3-12(19)8-13(11)15/h2-6,8-9,21H,7H2,1H3,(H,22,23). The summed E-state index contributed by atoms with van der Waals surface area (Å²) in [6.07, 6.45) is 1.91. The average Bonchev–Trinajstić information content (AvgIpc) is 2.98. The van der Waals surface area contributed by atoms with Gasteiger partial charge in [0.05, 0.1) is 29.8 Å². The number of nitrogens with one attached hydrogen (secondary N) is 2. The van der Waals surface area contributed by atoms with Crippen LogP contribution in [-0.4, -0.2) is 24.0 Å². The number of H-pyrrole nitrogens is 1. The highest BCUT2D eigenvalue weighted by atomic mass is 35.5. The molecule has 3 rings (SSSR count). The molecular weight excluding hydrogens is 363 g/mol. The molecule has 7 heteroatoms. The van der Waals surface area contributed by atoms with Gasteiger partial charge < -0.3 is 15.0 Å². The zero-order valence-corrected chi connectivity index (χ0v) is 14.7. The molecule has 0 saturated carbocycles. The van der Waals surface area contributed by atoms with Gasteiger partial charge in [0, 0.05) is 22.1 Å². The van der Waals surface area contributed by atoms with Crippen LogP contribution in [-0.2, 0) is 16.0 Å². The fourth-order valence-corrected chi connectivity index (χ4v) is 2.87. The summed E-state index contributed by atoms with van der Waals surface area (Å²) in [7, 11) is 1.29. The minimum Gasteiger partial charge on any atom is -0.465 e. The van der Waals surface area contributed by atoms with E-state index in [1.165, 1.54) is 25.3 Å². The van der Waals surface area contributed by atoms with Gasteiger partial charge in [-0.1, -0.05) is 23.2 Å². The first-order valence-electron chi connectivity index (χ1n) is 7.41. The van der Waals surface area contributed by atoms with Crippen LogP contribution < -0.4 is 5.32 Å². The first-order valence-corrected chi connectivity index (χ1v) is 8.17. The van der Waals surface area contributed by atoms with E-state index in [9.17, 15) is 9.59 Å². The molecule has 0 atom stereocenters. The van der Waals surface area contributed by atoms with Gasteiger partial charge in [0.1, 0.15) is 0 Å². The zero-order valence-electron chi connectivity index (χ0n) is 13.2. The van der Waals surface area contributed by atoms with Crippen molar-refractivity contribution in [3.63, 3.8) is 0 Å². The van der Waals surface area contributed by atoms with Gasteiger partial charge in [-0.2, -0.15) is 0 Å². The molecule has 0 radical (unpaired) electrons. The van der Waals surface area contributed by atoms with Crippen molar-refractivity contribution in [2.45, 2.75) is 6.42 Å². The molecule has 0 aliphatic carbocycles. The Hall–Kier alpha value is -2.50. The maximum atomic E-state index is 12.4. The molecule has 25 heavy (non-hydrogen) atoms. The molecule has 1 heterocycles. The number of rotatable bonds is 4. The Morgan fingerprint density at radius 1 is 1.16 bits per heavy atom. The normalized spacial score (nSPS) is 10.7. The van der Waals surface area contributed by atoms with E-state index < -0.39 is 5.97 Å². The summed E-state index contributed by atoms with van der Waals surface area (Å²) in [5.41, 5.74) is 2.38. The zero-order chi connectivity index (χ0) is 18.0. The van der Waals surface area contributed by atoms with Gasteiger partial charge in [0.15, 0.2) is 0 Å². The first kappa shape index (κ1) is 17.3. The van der Waals surface area contributed by atoms with Crippen LogP contribution in [0.2, 0.25) is 10.0 Å². The van der Waals surface area contributed by atoms with Gasteiger partial charge in [0.2, 0.25) is 5.91 Å². The first-order chi connectivity index (χ1) is 12.0. The molecule has 0 saturated heterocycles. The number of carbonyl (C=O) groups excluding carboxylic acids is 2. The monoisotopic (exact) mass is 376 g/mol. The molecule has 2 aromatic carbocycles. The lowest BCUT2D eigenvalue weighted by atomic mass is 10.1. The van der Waals surface area contributed by atoms with Crippen LogP contribution >= 0.6 is 23.2 Å². The number of ether oxygens (including phenoxy) is 1. The number of benzene rings is 2. The summed E-state index contributed by atoms with van der Waals surface area (Å²) in [6.45, 7) is 0. The molecule has 1 aromatic heterocycles. The molecule has 0 aliphatic heterocycles. The van der Waals surface area contributed by atoms with Crippen LogP contribution in [0.15, 0.2) is 42.6 Å². The largest absolute Gasteiger partial charge is 0.465 e. The third kappa shape index (κ3) is 3.78. The van der Waals surface area contributed by atoms with Crippen LogP contribution in [0.25, 0.3) is 10.9 Å². The number of carbonyl (C=O) groups is 2. The smallest absolute Gasteiger partial charge is 0.337 e. The number of halogens is 2. The van der Waals surface area contributed by atoms with Crippen LogP contribution in [0.4, 0.5) is 5.69 Å². The number of esters is 1. The Kier molecular flexibility index (Phi) is 4.97. The van der Waals surface area contributed by atoms with Crippen molar-refractivity contribution in [3.05, 3.63) is 63.8 Å². The number of hydrogen-bond acceptors (Lipinski definition) is 3. The van der Waals surface area contributed by atoms with Crippen molar-refractivity contribution in [1.29, 1.82) is 0 Å². The molecule has 5 nitrogen and oxygen atoms in total. The summed E-state index contributed by atoms with van der Waals surface area (Å²) in [5.74, 6) is -0.761. The fraction of sp³-hybridized carbons (Fsp3) is 0.111. The van der Waals surface area contributed by atoms with E-state index in [0.29, 0.717) is 21.3 Å². The predicted molar refractivity (Wildman–Crippen MR) is 98.4 cm³/mol. The maximum absolute atomic E-state index is 12.4. The van der Waals surface area contributed by atoms with Crippen molar-refractivity contribution in [2.75, 3.05) is 12.4 Å². The minimum atomic E-state index is -0.501. The van der Waals surface area contributed by atoms with E-state index in [1.807, 2.05) is 6.07 Å². The molecule has 1 amide bonds. The molecule has 128 valence electrons. The molecule has 3 aromatic rings. The Labute approximate surface area is 153 Å². The lowest BCUT2D eigenvalue weighted by Crippen LogP contribution is -2.15. The third-order valence-electron chi connectivity index (χ3n) is 3.74. The Balaban J connectivity index is 1.80. The Morgan fingerprint density at radius 2 is 1.96 bits per heavy atom. The predicted octanol–water partition coefficient (Wildman–Crippen LogP) is 4.44.